The Morgan fingerprint density at radius 3 is 2.81 bits per heavy atom. The summed E-state index contributed by atoms with van der Waals surface area (Å²) in [6.07, 6.45) is 3.53. The molecule has 2 rings (SSSR count). The van der Waals surface area contributed by atoms with Crippen molar-refractivity contribution in [1.82, 2.24) is 5.32 Å². The van der Waals surface area contributed by atoms with Crippen molar-refractivity contribution in [2.24, 2.45) is 0 Å². The van der Waals surface area contributed by atoms with Crippen LogP contribution in [0.4, 0.5) is 0 Å². The van der Waals surface area contributed by atoms with Crippen LogP contribution in [0.3, 0.4) is 0 Å². The summed E-state index contributed by atoms with van der Waals surface area (Å²) < 4.78 is 27.7. The van der Waals surface area contributed by atoms with Gasteiger partial charge in [-0.2, -0.15) is 0 Å². The van der Waals surface area contributed by atoms with Gasteiger partial charge < -0.3 is 39.2 Å². The molecular formula is C22H41NO8. The van der Waals surface area contributed by atoms with E-state index in [9.17, 15) is 15.0 Å². The van der Waals surface area contributed by atoms with Crippen LogP contribution in [0.5, 0.6) is 0 Å². The minimum atomic E-state index is -0.704. The van der Waals surface area contributed by atoms with Crippen molar-refractivity contribution in [3.8, 4) is 0 Å². The Hall–Kier alpha value is -0.810. The number of hydrogen-bond donors (Lipinski definition) is 3. The Balaban J connectivity index is 1.42. The third kappa shape index (κ3) is 11.1. The summed E-state index contributed by atoms with van der Waals surface area (Å²) in [5.41, 5.74) is 0. The average molecular weight is 448 g/mol. The minimum absolute atomic E-state index is 0.000312. The van der Waals surface area contributed by atoms with Gasteiger partial charge in [0, 0.05) is 32.6 Å². The second-order valence-electron chi connectivity index (χ2n) is 8.12. The van der Waals surface area contributed by atoms with Crippen LogP contribution in [0.25, 0.3) is 0 Å². The lowest BCUT2D eigenvalue weighted by Crippen LogP contribution is -2.51. The van der Waals surface area contributed by atoms with Crippen molar-refractivity contribution in [3.63, 3.8) is 0 Å². The van der Waals surface area contributed by atoms with E-state index in [2.05, 4.69) is 5.32 Å². The number of aliphatic hydroxyl groups is 2. The second kappa shape index (κ2) is 15.9. The maximum atomic E-state index is 11.8. The van der Waals surface area contributed by atoms with Crippen molar-refractivity contribution in [1.29, 1.82) is 0 Å². The van der Waals surface area contributed by atoms with Gasteiger partial charge in [-0.05, 0) is 39.0 Å². The topological polar surface area (TPSA) is 116 Å². The molecule has 2 aliphatic rings. The fourth-order valence-electron chi connectivity index (χ4n) is 3.80. The molecule has 0 aromatic rings. The molecule has 2 heterocycles. The predicted octanol–water partition coefficient (Wildman–Crippen LogP) is 1.14. The summed E-state index contributed by atoms with van der Waals surface area (Å²) in [6.45, 7) is 5.74. The zero-order valence-corrected chi connectivity index (χ0v) is 18.8. The quantitative estimate of drug-likeness (QED) is 0.302. The molecule has 2 fully saturated rings. The highest BCUT2D eigenvalue weighted by Gasteiger charge is 2.39. The van der Waals surface area contributed by atoms with E-state index in [1.54, 1.807) is 0 Å². The van der Waals surface area contributed by atoms with Crippen LogP contribution in [0.15, 0.2) is 0 Å². The van der Waals surface area contributed by atoms with E-state index >= 15 is 0 Å². The van der Waals surface area contributed by atoms with E-state index in [0.717, 1.165) is 32.3 Å². The first kappa shape index (κ1) is 26.4. The molecule has 182 valence electrons. The first-order valence-electron chi connectivity index (χ1n) is 11.8. The second-order valence-corrected chi connectivity index (χ2v) is 8.12. The number of fused-ring (bicyclic) bond motifs is 1. The van der Waals surface area contributed by atoms with Crippen LogP contribution in [0.2, 0.25) is 0 Å². The molecule has 0 saturated carbocycles. The van der Waals surface area contributed by atoms with Crippen molar-refractivity contribution in [2.45, 2.75) is 89.0 Å². The van der Waals surface area contributed by atoms with E-state index in [0.29, 0.717) is 65.3 Å². The van der Waals surface area contributed by atoms with Crippen molar-refractivity contribution < 1.29 is 38.7 Å². The van der Waals surface area contributed by atoms with Gasteiger partial charge in [0.1, 0.15) is 6.10 Å². The number of aliphatic hydroxyl groups excluding tert-OH is 2. The van der Waals surface area contributed by atoms with Gasteiger partial charge in [0.05, 0.1) is 44.7 Å². The Morgan fingerprint density at radius 1 is 1.13 bits per heavy atom. The van der Waals surface area contributed by atoms with Crippen LogP contribution in [-0.4, -0.2) is 93.0 Å². The van der Waals surface area contributed by atoms with Gasteiger partial charge in [-0.25, -0.2) is 0 Å². The smallest absolute Gasteiger partial charge is 0.220 e. The zero-order valence-electron chi connectivity index (χ0n) is 18.8. The van der Waals surface area contributed by atoms with E-state index in [-0.39, 0.29) is 18.1 Å². The van der Waals surface area contributed by atoms with E-state index in [4.69, 9.17) is 23.7 Å². The van der Waals surface area contributed by atoms with Crippen LogP contribution in [-0.2, 0) is 28.5 Å². The number of rotatable bonds is 16. The number of carbonyl (C=O) groups is 1. The molecule has 1 amide bonds. The molecule has 0 radical (unpaired) electrons. The largest absolute Gasteiger partial charge is 0.393 e. The number of nitrogens with one attached hydrogen (secondary N) is 1. The van der Waals surface area contributed by atoms with E-state index < -0.39 is 18.5 Å². The van der Waals surface area contributed by atoms with Crippen LogP contribution in [0.1, 0.15) is 58.3 Å². The Bertz CT molecular complexity index is 480. The molecule has 0 aromatic heterocycles. The SMILES string of the molecule is CCOCCOCCNC(=O)CCCC[C@@H](O)CCOC1OC2CCCOC2CC1O. The predicted molar refractivity (Wildman–Crippen MR) is 114 cm³/mol. The lowest BCUT2D eigenvalue weighted by Gasteiger charge is -2.41. The molecule has 2 aliphatic heterocycles. The van der Waals surface area contributed by atoms with Gasteiger partial charge >= 0.3 is 0 Å². The molecule has 0 bridgehead atoms. The monoisotopic (exact) mass is 447 g/mol. The number of carbonyl (C=O) groups excluding carboxylic acids is 1. The molecule has 9 heteroatoms. The lowest BCUT2D eigenvalue weighted by molar-refractivity contribution is -0.281. The Labute approximate surface area is 185 Å². The molecule has 4 unspecified atom stereocenters. The molecular weight excluding hydrogens is 406 g/mol. The van der Waals surface area contributed by atoms with Crippen molar-refractivity contribution >= 4 is 5.91 Å². The first-order chi connectivity index (χ1) is 15.1. The maximum Gasteiger partial charge on any atom is 0.220 e. The summed E-state index contributed by atoms with van der Waals surface area (Å²) in [5.74, 6) is -0.000312. The average Bonchev–Trinajstić information content (AvgIpc) is 2.76. The summed E-state index contributed by atoms with van der Waals surface area (Å²) in [4.78, 5) is 11.8. The third-order valence-corrected chi connectivity index (χ3v) is 5.55. The fraction of sp³-hybridized carbons (Fsp3) is 0.955. The summed E-state index contributed by atoms with van der Waals surface area (Å²) in [6, 6.07) is 0. The molecule has 9 nitrogen and oxygen atoms in total. The van der Waals surface area contributed by atoms with Crippen LogP contribution >= 0.6 is 0 Å². The highest BCUT2D eigenvalue weighted by molar-refractivity contribution is 5.75. The highest BCUT2D eigenvalue weighted by atomic mass is 16.7. The number of ether oxygens (including phenoxy) is 5. The molecule has 0 spiro atoms. The molecule has 0 aromatic carbocycles. The Kier molecular flexibility index (Phi) is 13.6. The Morgan fingerprint density at radius 2 is 1.97 bits per heavy atom. The van der Waals surface area contributed by atoms with Gasteiger partial charge in [-0.3, -0.25) is 4.79 Å². The molecule has 5 atom stereocenters. The number of hydrogen-bond acceptors (Lipinski definition) is 8. The lowest BCUT2D eigenvalue weighted by atomic mass is 9.97. The molecule has 0 aliphatic carbocycles. The standard InChI is InChI=1S/C22H41NO8/c1-2-27-14-15-28-13-10-23-21(26)8-4-3-6-17(24)9-12-30-22-18(25)16-20-19(31-22)7-5-11-29-20/h17-20,22,24-25H,2-16H2,1H3,(H,23,26)/t17-,18?,19?,20?,22?/m1/s1. The number of amides is 1. The molecule has 31 heavy (non-hydrogen) atoms. The van der Waals surface area contributed by atoms with Gasteiger partial charge in [-0.1, -0.05) is 6.42 Å². The first-order valence-corrected chi connectivity index (χ1v) is 11.8. The molecule has 3 N–H and O–H groups in total. The molecule has 2 saturated heterocycles. The summed E-state index contributed by atoms with van der Waals surface area (Å²) >= 11 is 0. The van der Waals surface area contributed by atoms with Crippen molar-refractivity contribution in [2.75, 3.05) is 46.2 Å². The minimum Gasteiger partial charge on any atom is -0.393 e. The summed E-state index contributed by atoms with van der Waals surface area (Å²) in [7, 11) is 0. The third-order valence-electron chi connectivity index (χ3n) is 5.55. The van der Waals surface area contributed by atoms with Crippen LogP contribution in [0, 0.1) is 0 Å². The van der Waals surface area contributed by atoms with Crippen LogP contribution < -0.4 is 5.32 Å². The van der Waals surface area contributed by atoms with Gasteiger partial charge in [0.15, 0.2) is 6.29 Å². The van der Waals surface area contributed by atoms with E-state index in [1.807, 2.05) is 6.92 Å². The fourth-order valence-corrected chi connectivity index (χ4v) is 3.80. The summed E-state index contributed by atoms with van der Waals surface area (Å²) in [5, 5.41) is 23.1. The van der Waals surface area contributed by atoms with Gasteiger partial charge in [0.25, 0.3) is 0 Å². The van der Waals surface area contributed by atoms with Crippen molar-refractivity contribution in [3.05, 3.63) is 0 Å². The van der Waals surface area contributed by atoms with Gasteiger partial charge in [0.2, 0.25) is 5.91 Å². The highest BCUT2D eigenvalue weighted by Crippen LogP contribution is 2.29. The van der Waals surface area contributed by atoms with E-state index in [1.165, 1.54) is 0 Å². The maximum absolute atomic E-state index is 11.8. The number of unbranched alkanes of at least 4 members (excludes halogenated alkanes) is 1. The van der Waals surface area contributed by atoms with Gasteiger partial charge in [-0.15, -0.1) is 0 Å². The zero-order chi connectivity index (χ0) is 22.3. The normalized spacial score (nSPS) is 26.9.